The Bertz CT molecular complexity index is 524. The van der Waals surface area contributed by atoms with E-state index in [1.54, 1.807) is 14.2 Å². The van der Waals surface area contributed by atoms with E-state index >= 15 is 0 Å². The molecule has 0 aromatic heterocycles. The molecule has 0 fully saturated rings. The first-order valence-corrected chi connectivity index (χ1v) is 8.34. The van der Waals surface area contributed by atoms with Crippen LogP contribution in [-0.4, -0.2) is 39.7 Å². The summed E-state index contributed by atoms with van der Waals surface area (Å²) in [5.74, 6) is 1.51. The van der Waals surface area contributed by atoms with E-state index in [1.165, 1.54) is 7.11 Å². The summed E-state index contributed by atoms with van der Waals surface area (Å²) in [6.07, 6.45) is 4.55. The third-order valence-electron chi connectivity index (χ3n) is 3.65. The molecular formula is C18H30IN3O3. The van der Waals surface area contributed by atoms with Gasteiger partial charge in [-0.25, -0.2) is 0 Å². The quantitative estimate of drug-likeness (QED) is 0.184. The second-order valence-electron chi connectivity index (χ2n) is 5.44. The Morgan fingerprint density at radius 2 is 1.88 bits per heavy atom. The number of carbonyl (C=O) groups is 1. The molecule has 1 rings (SSSR count). The number of aliphatic imine (C=N–C) groups is 1. The van der Waals surface area contributed by atoms with Gasteiger partial charge < -0.3 is 20.1 Å². The first-order valence-electron chi connectivity index (χ1n) is 8.34. The van der Waals surface area contributed by atoms with E-state index in [4.69, 9.17) is 4.74 Å². The molecule has 0 saturated carbocycles. The summed E-state index contributed by atoms with van der Waals surface area (Å²) in [6.45, 7) is 1.55. The molecule has 7 heteroatoms. The van der Waals surface area contributed by atoms with Gasteiger partial charge in [-0.1, -0.05) is 25.0 Å². The average Bonchev–Trinajstić information content (AvgIpc) is 2.63. The minimum Gasteiger partial charge on any atom is -0.497 e. The molecule has 0 aliphatic carbocycles. The van der Waals surface area contributed by atoms with Crippen molar-refractivity contribution >= 4 is 35.9 Å². The minimum atomic E-state index is -0.129. The molecule has 0 heterocycles. The number of methoxy groups -OCH3 is 2. The molecule has 0 bridgehead atoms. The number of nitrogens with zero attached hydrogens (tertiary/aromatic N) is 1. The molecular weight excluding hydrogens is 433 g/mol. The van der Waals surface area contributed by atoms with Crippen molar-refractivity contribution < 1.29 is 14.3 Å². The van der Waals surface area contributed by atoms with Crippen LogP contribution in [0, 0.1) is 0 Å². The van der Waals surface area contributed by atoms with Gasteiger partial charge >= 0.3 is 5.97 Å². The number of nitrogens with one attached hydrogen (secondary N) is 2. The predicted octanol–water partition coefficient (Wildman–Crippen LogP) is 3.10. The smallest absolute Gasteiger partial charge is 0.305 e. The van der Waals surface area contributed by atoms with Crippen LogP contribution in [0.15, 0.2) is 29.3 Å². The highest BCUT2D eigenvalue weighted by atomic mass is 127. The predicted molar refractivity (Wildman–Crippen MR) is 112 cm³/mol. The zero-order valence-corrected chi connectivity index (χ0v) is 17.7. The molecule has 0 amide bonds. The Labute approximate surface area is 167 Å². The van der Waals surface area contributed by atoms with Crippen molar-refractivity contribution in [3.63, 3.8) is 0 Å². The fraction of sp³-hybridized carbons (Fsp3) is 0.556. The van der Waals surface area contributed by atoms with Gasteiger partial charge in [0.1, 0.15) is 5.75 Å². The molecule has 0 atom stereocenters. The molecule has 25 heavy (non-hydrogen) atoms. The molecule has 0 radical (unpaired) electrons. The van der Waals surface area contributed by atoms with E-state index in [2.05, 4.69) is 20.4 Å². The molecule has 0 saturated heterocycles. The summed E-state index contributed by atoms with van der Waals surface area (Å²) in [6, 6.07) is 7.95. The van der Waals surface area contributed by atoms with Crippen molar-refractivity contribution in [2.24, 2.45) is 4.99 Å². The van der Waals surface area contributed by atoms with Crippen LogP contribution in [0.1, 0.15) is 37.7 Å². The number of hydrogen-bond donors (Lipinski definition) is 2. The maximum atomic E-state index is 11.0. The van der Waals surface area contributed by atoms with Crippen LogP contribution in [0.5, 0.6) is 5.75 Å². The lowest BCUT2D eigenvalue weighted by atomic mass is 10.1. The topological polar surface area (TPSA) is 72.0 Å². The van der Waals surface area contributed by atoms with E-state index < -0.39 is 0 Å². The number of ether oxygens (including phenoxy) is 2. The maximum Gasteiger partial charge on any atom is 0.305 e. The summed E-state index contributed by atoms with van der Waals surface area (Å²) in [4.78, 5) is 15.2. The Morgan fingerprint density at radius 3 is 2.56 bits per heavy atom. The molecule has 0 unspecified atom stereocenters. The van der Waals surface area contributed by atoms with Crippen molar-refractivity contribution in [1.82, 2.24) is 10.6 Å². The van der Waals surface area contributed by atoms with E-state index in [0.29, 0.717) is 13.0 Å². The molecule has 1 aromatic carbocycles. The van der Waals surface area contributed by atoms with Gasteiger partial charge in [0.2, 0.25) is 0 Å². The Kier molecular flexibility index (Phi) is 13.9. The van der Waals surface area contributed by atoms with E-state index in [-0.39, 0.29) is 29.9 Å². The molecule has 2 N–H and O–H groups in total. The standard InChI is InChI=1S/C18H29N3O3.HI/c1-19-18(20-12-7-5-4-6-11-17(22)24-3)21-14-15-9-8-10-16(13-15)23-2;/h8-10,13H,4-7,11-12,14H2,1-3H3,(H2,19,20,21);1H. The van der Waals surface area contributed by atoms with Gasteiger partial charge in [-0.05, 0) is 30.5 Å². The van der Waals surface area contributed by atoms with Crippen molar-refractivity contribution in [3.8, 4) is 5.75 Å². The second kappa shape index (κ2) is 14.8. The van der Waals surface area contributed by atoms with Gasteiger partial charge in [-0.15, -0.1) is 24.0 Å². The lowest BCUT2D eigenvalue weighted by molar-refractivity contribution is -0.140. The highest BCUT2D eigenvalue weighted by molar-refractivity contribution is 14.0. The summed E-state index contributed by atoms with van der Waals surface area (Å²) in [5.41, 5.74) is 1.14. The summed E-state index contributed by atoms with van der Waals surface area (Å²) < 4.78 is 9.84. The number of hydrogen-bond acceptors (Lipinski definition) is 4. The highest BCUT2D eigenvalue weighted by Crippen LogP contribution is 2.12. The number of halogens is 1. The van der Waals surface area contributed by atoms with Gasteiger partial charge in [0.15, 0.2) is 5.96 Å². The van der Waals surface area contributed by atoms with Gasteiger partial charge in [0.25, 0.3) is 0 Å². The normalized spacial score (nSPS) is 10.6. The monoisotopic (exact) mass is 463 g/mol. The molecule has 1 aromatic rings. The molecule has 0 aliphatic heterocycles. The van der Waals surface area contributed by atoms with Crippen molar-refractivity contribution in [3.05, 3.63) is 29.8 Å². The van der Waals surface area contributed by atoms with Crippen LogP contribution in [0.2, 0.25) is 0 Å². The molecule has 0 spiro atoms. The van der Waals surface area contributed by atoms with Crippen LogP contribution in [0.25, 0.3) is 0 Å². The fourth-order valence-electron chi connectivity index (χ4n) is 2.25. The Morgan fingerprint density at radius 1 is 1.12 bits per heavy atom. The fourth-order valence-corrected chi connectivity index (χ4v) is 2.25. The molecule has 0 aliphatic rings. The Hall–Kier alpha value is -1.51. The third-order valence-corrected chi connectivity index (χ3v) is 3.65. The number of carbonyl (C=O) groups excluding carboxylic acids is 1. The zero-order chi connectivity index (χ0) is 17.6. The van der Waals surface area contributed by atoms with Crippen LogP contribution >= 0.6 is 24.0 Å². The van der Waals surface area contributed by atoms with E-state index in [0.717, 1.165) is 49.5 Å². The number of benzene rings is 1. The number of esters is 1. The van der Waals surface area contributed by atoms with Crippen molar-refractivity contribution in [1.29, 1.82) is 0 Å². The minimum absolute atomic E-state index is 0. The summed E-state index contributed by atoms with van der Waals surface area (Å²) in [7, 11) is 4.85. The summed E-state index contributed by atoms with van der Waals surface area (Å²) in [5, 5.41) is 6.58. The lowest BCUT2D eigenvalue weighted by Gasteiger charge is -2.12. The Balaban J connectivity index is 0.00000576. The third kappa shape index (κ3) is 10.9. The second-order valence-corrected chi connectivity index (χ2v) is 5.44. The first-order chi connectivity index (χ1) is 11.7. The largest absolute Gasteiger partial charge is 0.497 e. The van der Waals surface area contributed by atoms with Crippen molar-refractivity contribution in [2.75, 3.05) is 27.8 Å². The van der Waals surface area contributed by atoms with Gasteiger partial charge in [-0.2, -0.15) is 0 Å². The SMILES string of the molecule is CN=C(NCCCCCCC(=O)OC)NCc1cccc(OC)c1.I. The van der Waals surface area contributed by atoms with Crippen LogP contribution in [0.4, 0.5) is 0 Å². The van der Waals surface area contributed by atoms with Crippen LogP contribution in [0.3, 0.4) is 0 Å². The first kappa shape index (κ1) is 23.5. The van der Waals surface area contributed by atoms with E-state index in [1.807, 2.05) is 24.3 Å². The van der Waals surface area contributed by atoms with Crippen LogP contribution < -0.4 is 15.4 Å². The number of rotatable bonds is 10. The average molecular weight is 463 g/mol. The van der Waals surface area contributed by atoms with Crippen molar-refractivity contribution in [2.45, 2.75) is 38.6 Å². The van der Waals surface area contributed by atoms with Gasteiger partial charge in [-0.3, -0.25) is 9.79 Å². The molecule has 142 valence electrons. The maximum absolute atomic E-state index is 11.0. The highest BCUT2D eigenvalue weighted by Gasteiger charge is 2.01. The van der Waals surface area contributed by atoms with Gasteiger partial charge in [0, 0.05) is 26.6 Å². The zero-order valence-electron chi connectivity index (χ0n) is 15.3. The van der Waals surface area contributed by atoms with E-state index in [9.17, 15) is 4.79 Å². The summed E-state index contributed by atoms with van der Waals surface area (Å²) >= 11 is 0. The van der Waals surface area contributed by atoms with Gasteiger partial charge in [0.05, 0.1) is 14.2 Å². The van der Waals surface area contributed by atoms with Crippen LogP contribution in [-0.2, 0) is 16.1 Å². The number of guanidine groups is 1. The lowest BCUT2D eigenvalue weighted by Crippen LogP contribution is -2.37. The number of unbranched alkanes of at least 4 members (excludes halogenated alkanes) is 3. The molecule has 6 nitrogen and oxygen atoms in total.